The molecule has 5 aliphatic heterocycles. The van der Waals surface area contributed by atoms with Gasteiger partial charge >= 0.3 is 12.2 Å². The predicted molar refractivity (Wildman–Crippen MR) is 244 cm³/mol. The van der Waals surface area contributed by atoms with Crippen LogP contribution in [0.15, 0.2) is 35.0 Å². The average molecular weight is 932 g/mol. The van der Waals surface area contributed by atoms with Gasteiger partial charge in [-0.2, -0.15) is 0 Å². The number of hydrogen-bond donors (Lipinski definition) is 6. The number of hydrogen-bond acceptors (Lipinski definition) is 13. The highest BCUT2D eigenvalue weighted by molar-refractivity contribution is 7.10. The molecule has 19 heteroatoms. The molecule has 2 aromatic heterocycles. The van der Waals surface area contributed by atoms with Crippen LogP contribution in [0.25, 0.3) is 0 Å². The summed E-state index contributed by atoms with van der Waals surface area (Å²) in [5, 5.41) is 28.9. The lowest BCUT2D eigenvalue weighted by Crippen LogP contribution is -2.73. The van der Waals surface area contributed by atoms with Gasteiger partial charge in [0.15, 0.2) is 11.1 Å². The number of benzene rings is 1. The van der Waals surface area contributed by atoms with Crippen molar-refractivity contribution in [2.24, 2.45) is 28.2 Å². The molecule has 0 aliphatic carbocycles. The fourth-order valence-corrected chi connectivity index (χ4v) is 15.8. The van der Waals surface area contributed by atoms with E-state index in [-0.39, 0.29) is 17.4 Å². The van der Waals surface area contributed by atoms with E-state index in [2.05, 4.69) is 84.2 Å². The van der Waals surface area contributed by atoms with Gasteiger partial charge in [-0.3, -0.25) is 39.6 Å². The maximum Gasteiger partial charge on any atom is 0.411 e. The van der Waals surface area contributed by atoms with Crippen LogP contribution in [-0.2, 0) is 35.7 Å². The Balaban J connectivity index is 1.33. The van der Waals surface area contributed by atoms with E-state index in [1.54, 1.807) is 38.5 Å². The first-order valence-electron chi connectivity index (χ1n) is 22.3. The molecule has 5 aliphatic rings. The van der Waals surface area contributed by atoms with Crippen molar-refractivity contribution in [1.29, 1.82) is 0 Å². The lowest BCUT2D eigenvalue weighted by atomic mass is 9.59. The van der Waals surface area contributed by atoms with Crippen LogP contribution in [-0.4, -0.2) is 103 Å². The van der Waals surface area contributed by atoms with E-state index in [4.69, 9.17) is 21.4 Å². The van der Waals surface area contributed by atoms with Crippen molar-refractivity contribution in [3.8, 4) is 0 Å². The molecule has 5 unspecified atom stereocenters. The molecule has 17 nitrogen and oxygen atoms in total. The Morgan fingerprint density at radius 3 is 1.65 bits per heavy atom. The number of nitrogens with two attached hydrogens (primary N) is 2. The van der Waals surface area contributed by atoms with Gasteiger partial charge in [0.05, 0.1) is 28.8 Å². The molecule has 3 aromatic rings. The Kier molecular flexibility index (Phi) is 11.1. The maximum absolute atomic E-state index is 15.0. The fraction of sp³-hybridized carbons (Fsp3) is 0.609. The highest BCUT2D eigenvalue weighted by Gasteiger charge is 2.72. The third-order valence-electron chi connectivity index (χ3n) is 16.2. The number of carbonyl (C=O) groups excluding carboxylic acids is 4. The third-order valence-corrected chi connectivity index (χ3v) is 18.2. The SMILES string of the molecule is CC1C[C@@H](C2CCCN2[C@@]2(C(=O)NC(=O)O)c3nc(cs3)C(C(N)=O)C2(C)C)N(c2ccc(C(C)(C)C)cc2)[C@]1(C)C1CCCN1[C@@]1(C(=O)NC(=O)O)c2nc(cs2)C(C(N)=O)C1(C)C. The number of amides is 6. The standard InChI is InChI=1S/C46H61N9O8S2/c1-23-20-29(28-12-10-18-53(28)45(35(58)51-39(60)61)37-49-26(21-64-37)31(33(47)56)42(45,5)6)55(25-16-14-24(15-17-25)41(2,3)4)44(23,9)30-13-11-19-54(30)46(36(59)52-40(62)63)38-50-27(22-65-38)32(34(48)57)43(46,7)8/h14-17,21-23,28-32H,10-13,18-20H2,1-9H3,(H2,47,56)(H2,48,57)(H,51,58)(H,52,59)(H,60,61)(H,62,63)/t23?,28?,29-,30?,31?,32?,44-,45-,46-/m0/s1. The first kappa shape index (κ1) is 46.5. The van der Waals surface area contributed by atoms with Crippen molar-refractivity contribution in [2.75, 3.05) is 18.0 Å². The van der Waals surface area contributed by atoms with E-state index in [0.29, 0.717) is 66.6 Å². The topological polar surface area (TPSA) is 254 Å². The molecule has 65 heavy (non-hydrogen) atoms. The fourth-order valence-electron chi connectivity index (χ4n) is 13.4. The van der Waals surface area contributed by atoms with Crippen molar-refractivity contribution < 1.29 is 39.0 Å². The number of carbonyl (C=O) groups is 6. The van der Waals surface area contributed by atoms with Gasteiger partial charge < -0.3 is 26.6 Å². The highest BCUT2D eigenvalue weighted by Crippen LogP contribution is 2.63. The van der Waals surface area contributed by atoms with Gasteiger partial charge in [0.2, 0.25) is 11.8 Å². The van der Waals surface area contributed by atoms with E-state index in [9.17, 15) is 34.2 Å². The molecule has 0 spiro atoms. The molecule has 3 fully saturated rings. The van der Waals surface area contributed by atoms with E-state index in [1.165, 1.54) is 22.7 Å². The molecule has 1 aromatic carbocycles. The Labute approximate surface area is 386 Å². The zero-order chi connectivity index (χ0) is 47.6. The van der Waals surface area contributed by atoms with Gasteiger partial charge in [0, 0.05) is 58.5 Å². The highest BCUT2D eigenvalue weighted by atomic mass is 32.1. The largest absolute Gasteiger partial charge is 0.465 e. The molecule has 3 saturated heterocycles. The molecular weight excluding hydrogens is 871 g/mol. The molecule has 8 N–H and O–H groups in total. The van der Waals surface area contributed by atoms with Crippen molar-refractivity contribution in [2.45, 2.75) is 146 Å². The van der Waals surface area contributed by atoms with E-state index < -0.39 is 87.2 Å². The smallest absolute Gasteiger partial charge is 0.411 e. The van der Waals surface area contributed by atoms with Crippen molar-refractivity contribution in [3.05, 3.63) is 62.0 Å². The van der Waals surface area contributed by atoms with Crippen LogP contribution in [0.4, 0.5) is 15.3 Å². The van der Waals surface area contributed by atoms with Crippen molar-refractivity contribution >= 4 is 64.2 Å². The minimum atomic E-state index is -1.74. The number of imide groups is 2. The number of nitrogens with zero attached hydrogens (tertiary/aromatic N) is 5. The minimum absolute atomic E-state index is 0.110. The summed E-state index contributed by atoms with van der Waals surface area (Å²) in [4.78, 5) is 98.1. The van der Waals surface area contributed by atoms with Gasteiger partial charge in [0.1, 0.15) is 10.0 Å². The molecule has 0 radical (unpaired) electrons. The van der Waals surface area contributed by atoms with Gasteiger partial charge in [0.25, 0.3) is 11.8 Å². The minimum Gasteiger partial charge on any atom is -0.465 e. The van der Waals surface area contributed by atoms with Crippen LogP contribution >= 0.6 is 22.7 Å². The first-order chi connectivity index (χ1) is 30.3. The maximum atomic E-state index is 15.0. The van der Waals surface area contributed by atoms with Crippen LogP contribution in [0.3, 0.4) is 0 Å². The number of rotatable bonds is 9. The number of likely N-dealkylation sites (tertiary alicyclic amines) is 2. The summed E-state index contributed by atoms with van der Waals surface area (Å²) in [6.45, 7) is 18.8. The van der Waals surface area contributed by atoms with Crippen LogP contribution in [0.5, 0.6) is 0 Å². The third kappa shape index (κ3) is 6.41. The van der Waals surface area contributed by atoms with Crippen molar-refractivity contribution in [1.82, 2.24) is 30.4 Å². The quantitative estimate of drug-likeness (QED) is 0.158. The number of primary amides is 2. The summed E-state index contributed by atoms with van der Waals surface area (Å²) in [7, 11) is 0. The van der Waals surface area contributed by atoms with Crippen LogP contribution in [0.2, 0.25) is 0 Å². The lowest BCUT2D eigenvalue weighted by molar-refractivity contribution is -0.153. The Hall–Kier alpha value is -4.98. The van der Waals surface area contributed by atoms with Gasteiger partial charge in [-0.25, -0.2) is 19.6 Å². The molecule has 9 atom stereocenters. The summed E-state index contributed by atoms with van der Waals surface area (Å²) >= 11 is 2.43. The summed E-state index contributed by atoms with van der Waals surface area (Å²) in [6, 6.07) is 7.31. The molecule has 8 rings (SSSR count). The monoisotopic (exact) mass is 931 g/mol. The summed E-state index contributed by atoms with van der Waals surface area (Å²) < 4.78 is 0. The van der Waals surface area contributed by atoms with Gasteiger partial charge in [-0.15, -0.1) is 22.7 Å². The molecular formula is C46H61N9O8S2. The number of fused-ring (bicyclic) bond motifs is 4. The Bertz CT molecular complexity index is 2460. The zero-order valence-corrected chi connectivity index (χ0v) is 40.1. The van der Waals surface area contributed by atoms with Crippen LogP contribution in [0, 0.1) is 16.7 Å². The molecule has 0 saturated carbocycles. The molecule has 4 bridgehead atoms. The van der Waals surface area contributed by atoms with Gasteiger partial charge in [-0.1, -0.05) is 67.5 Å². The molecule has 350 valence electrons. The number of aromatic nitrogens is 2. The number of anilines is 1. The van der Waals surface area contributed by atoms with Crippen LogP contribution < -0.4 is 27.0 Å². The molecule has 6 amide bonds. The van der Waals surface area contributed by atoms with Gasteiger partial charge in [-0.05, 0) is 68.1 Å². The second kappa shape index (κ2) is 15.6. The van der Waals surface area contributed by atoms with Crippen molar-refractivity contribution in [3.63, 3.8) is 0 Å². The lowest BCUT2D eigenvalue weighted by Gasteiger charge is -2.59. The predicted octanol–water partition coefficient (Wildman–Crippen LogP) is 5.40. The normalized spacial score (nSPS) is 32.8. The van der Waals surface area contributed by atoms with E-state index in [1.807, 2.05) is 0 Å². The summed E-state index contributed by atoms with van der Waals surface area (Å²) in [5.74, 6) is -5.08. The van der Waals surface area contributed by atoms with E-state index in [0.717, 1.165) is 11.3 Å². The number of carboxylic acid groups (broad SMARTS) is 2. The number of thiazole rings is 2. The second-order valence-corrected chi connectivity index (χ2v) is 22.8. The average Bonchev–Trinajstić information content (AvgIpc) is 4.04. The Morgan fingerprint density at radius 2 is 1.18 bits per heavy atom. The second-order valence-electron chi connectivity index (χ2n) is 21.1. The first-order valence-corrected chi connectivity index (χ1v) is 24.1. The number of nitrogens with one attached hydrogen (secondary N) is 2. The van der Waals surface area contributed by atoms with E-state index >= 15 is 4.79 Å². The van der Waals surface area contributed by atoms with Crippen LogP contribution in [0.1, 0.15) is 133 Å². The molecule has 7 heterocycles. The zero-order valence-electron chi connectivity index (χ0n) is 38.4. The summed E-state index contributed by atoms with van der Waals surface area (Å²) in [6.07, 6.45) is 0.0795. The summed E-state index contributed by atoms with van der Waals surface area (Å²) in [5.41, 5.74) is 8.19. The Morgan fingerprint density at radius 1 is 0.723 bits per heavy atom.